The van der Waals surface area contributed by atoms with Crippen molar-refractivity contribution in [3.05, 3.63) is 76.3 Å². The van der Waals surface area contributed by atoms with Crippen molar-refractivity contribution in [2.24, 2.45) is 4.74 Å². The Morgan fingerprint density at radius 1 is 0.946 bits per heavy atom. The number of nitrogens with zero attached hydrogens (tertiary/aromatic N) is 4. The maximum Gasteiger partial charge on any atom is 0.271 e. The van der Waals surface area contributed by atoms with Gasteiger partial charge in [-0.2, -0.15) is 0 Å². The SMILES string of the molecule is CCn1c2ccccc2c2cc([P@@](=Nc3cc([N+](=O)[O-])ccc3C)(N3CCCCC3)C(C)(C)C)ccc21. The highest BCUT2D eigenvalue weighted by molar-refractivity contribution is 7.73. The van der Waals surface area contributed by atoms with Gasteiger partial charge in [0, 0.05) is 64.0 Å². The fourth-order valence-corrected chi connectivity index (χ4v) is 10.4. The zero-order chi connectivity index (χ0) is 26.4. The Labute approximate surface area is 219 Å². The van der Waals surface area contributed by atoms with Crippen LogP contribution in [0.5, 0.6) is 0 Å². The van der Waals surface area contributed by atoms with Crippen molar-refractivity contribution in [1.29, 1.82) is 0 Å². The predicted molar refractivity (Wildman–Crippen MR) is 157 cm³/mol. The van der Waals surface area contributed by atoms with E-state index in [9.17, 15) is 10.1 Å². The lowest BCUT2D eigenvalue weighted by Crippen LogP contribution is -2.39. The van der Waals surface area contributed by atoms with E-state index in [4.69, 9.17) is 4.74 Å². The quantitative estimate of drug-likeness (QED) is 0.152. The summed E-state index contributed by atoms with van der Waals surface area (Å²) in [6, 6.07) is 20.7. The van der Waals surface area contributed by atoms with E-state index in [0.29, 0.717) is 0 Å². The van der Waals surface area contributed by atoms with Crippen LogP contribution < -0.4 is 5.30 Å². The fourth-order valence-electron chi connectivity index (χ4n) is 5.96. The molecule has 4 aromatic rings. The minimum Gasteiger partial charge on any atom is -0.341 e. The van der Waals surface area contributed by atoms with E-state index in [1.54, 1.807) is 12.1 Å². The molecule has 1 aromatic heterocycles. The lowest BCUT2D eigenvalue weighted by atomic mass is 10.1. The van der Waals surface area contributed by atoms with Crippen LogP contribution in [0.4, 0.5) is 11.4 Å². The van der Waals surface area contributed by atoms with E-state index < -0.39 is 7.21 Å². The van der Waals surface area contributed by atoms with Crippen LogP contribution in [-0.4, -0.2) is 32.4 Å². The minimum atomic E-state index is -2.36. The molecule has 0 spiro atoms. The van der Waals surface area contributed by atoms with Crippen LogP contribution >= 0.6 is 7.21 Å². The third-order valence-corrected chi connectivity index (χ3v) is 12.4. The van der Waals surface area contributed by atoms with Crippen molar-refractivity contribution >= 4 is 45.7 Å². The monoisotopic (exact) mass is 516 g/mol. The molecular weight excluding hydrogens is 479 g/mol. The molecule has 0 unspecified atom stereocenters. The summed E-state index contributed by atoms with van der Waals surface area (Å²) in [6.07, 6.45) is 3.54. The highest BCUT2D eigenvalue weighted by Gasteiger charge is 2.42. The summed E-state index contributed by atoms with van der Waals surface area (Å²) in [5.41, 5.74) is 4.29. The molecule has 5 rings (SSSR count). The van der Waals surface area contributed by atoms with E-state index in [1.807, 2.05) is 13.0 Å². The van der Waals surface area contributed by atoms with Gasteiger partial charge in [0.1, 0.15) is 0 Å². The highest BCUT2D eigenvalue weighted by Crippen LogP contribution is 2.65. The van der Waals surface area contributed by atoms with Gasteiger partial charge in [-0.25, -0.2) is 4.74 Å². The average Bonchev–Trinajstić information content (AvgIpc) is 3.21. The molecule has 0 aliphatic carbocycles. The molecule has 0 N–H and O–H groups in total. The molecule has 1 atom stereocenters. The van der Waals surface area contributed by atoms with Gasteiger partial charge in [-0.1, -0.05) is 51.5 Å². The van der Waals surface area contributed by atoms with Crippen LogP contribution in [0.25, 0.3) is 21.8 Å². The predicted octanol–water partition coefficient (Wildman–Crippen LogP) is 8.39. The third kappa shape index (κ3) is 4.30. The molecule has 37 heavy (non-hydrogen) atoms. The molecule has 1 saturated heterocycles. The second-order valence-electron chi connectivity index (χ2n) is 11.1. The highest BCUT2D eigenvalue weighted by atomic mass is 31.2. The first-order valence-electron chi connectivity index (χ1n) is 13.3. The van der Waals surface area contributed by atoms with Crippen molar-refractivity contribution in [2.75, 3.05) is 13.1 Å². The first-order valence-corrected chi connectivity index (χ1v) is 15.0. The van der Waals surface area contributed by atoms with Crippen LogP contribution in [0.1, 0.15) is 52.5 Å². The lowest BCUT2D eigenvalue weighted by Gasteiger charge is -2.47. The second kappa shape index (κ2) is 9.74. The van der Waals surface area contributed by atoms with E-state index in [0.717, 1.165) is 43.7 Å². The maximum atomic E-state index is 11.7. The Hall–Kier alpha value is -2.95. The standard InChI is InChI=1S/C30H37N4O2P/c1-6-33-28-13-9-8-12-25(28)26-21-24(16-17-29(26)33)37(30(3,4)5,32-18-10-7-11-19-32)31-27-20-23(34(35)36)15-14-22(27)2/h8-9,12-17,20-21H,6-7,10-11,18-19H2,1-5H3/t37-/m1/s1. The van der Waals surface area contributed by atoms with Gasteiger partial charge >= 0.3 is 0 Å². The number of hydrogen-bond donors (Lipinski definition) is 0. The molecule has 0 bridgehead atoms. The molecule has 194 valence electrons. The van der Waals surface area contributed by atoms with Crippen LogP contribution in [0.15, 0.2) is 65.4 Å². The van der Waals surface area contributed by atoms with Crippen molar-refractivity contribution < 1.29 is 4.92 Å². The zero-order valence-corrected chi connectivity index (χ0v) is 23.5. The fraction of sp³-hybridized carbons (Fsp3) is 0.400. The first-order chi connectivity index (χ1) is 17.7. The van der Waals surface area contributed by atoms with Gasteiger partial charge in [0.25, 0.3) is 5.69 Å². The first kappa shape index (κ1) is 25.7. The zero-order valence-electron chi connectivity index (χ0n) is 22.6. The Balaban J connectivity index is 1.88. The Morgan fingerprint density at radius 3 is 2.32 bits per heavy atom. The molecule has 1 aliphatic rings. The molecule has 3 aromatic carbocycles. The van der Waals surface area contributed by atoms with E-state index in [-0.39, 0.29) is 15.8 Å². The Bertz CT molecular complexity index is 1540. The lowest BCUT2D eigenvalue weighted by molar-refractivity contribution is -0.384. The van der Waals surface area contributed by atoms with E-state index in [2.05, 4.69) is 79.4 Å². The van der Waals surface area contributed by atoms with Crippen molar-refractivity contribution in [3.8, 4) is 0 Å². The summed E-state index contributed by atoms with van der Waals surface area (Å²) in [5.74, 6) is 0. The van der Waals surface area contributed by atoms with Crippen LogP contribution in [-0.2, 0) is 6.54 Å². The molecule has 0 radical (unpaired) electrons. The summed E-state index contributed by atoms with van der Waals surface area (Å²) in [7, 11) is -2.36. The number of benzene rings is 3. The van der Waals surface area contributed by atoms with Gasteiger partial charge in [-0.3, -0.25) is 14.8 Å². The van der Waals surface area contributed by atoms with Gasteiger partial charge in [0.15, 0.2) is 0 Å². The number of nitro groups is 1. The smallest absolute Gasteiger partial charge is 0.271 e. The van der Waals surface area contributed by atoms with E-state index >= 15 is 0 Å². The van der Waals surface area contributed by atoms with Crippen LogP contribution in [0.2, 0.25) is 0 Å². The number of non-ortho nitro benzene ring substituents is 1. The second-order valence-corrected chi connectivity index (χ2v) is 14.9. The van der Waals surface area contributed by atoms with Gasteiger partial charge in [0.05, 0.1) is 17.8 Å². The summed E-state index contributed by atoms with van der Waals surface area (Å²) >= 11 is 0. The maximum absolute atomic E-state index is 11.7. The van der Waals surface area contributed by atoms with Gasteiger partial charge in [-0.15, -0.1) is 0 Å². The number of para-hydroxylation sites is 1. The minimum absolute atomic E-state index is 0.0940. The number of fused-ring (bicyclic) bond motifs is 3. The summed E-state index contributed by atoms with van der Waals surface area (Å²) in [5, 5.41) is 15.3. The number of piperidine rings is 1. The van der Waals surface area contributed by atoms with E-state index in [1.165, 1.54) is 33.5 Å². The number of hydrogen-bond acceptors (Lipinski definition) is 3. The number of aryl methyl sites for hydroxylation is 2. The van der Waals surface area contributed by atoms with Crippen LogP contribution in [0.3, 0.4) is 0 Å². The summed E-state index contributed by atoms with van der Waals surface area (Å²) in [4.78, 5) is 11.3. The molecule has 0 saturated carbocycles. The Morgan fingerprint density at radius 2 is 1.65 bits per heavy atom. The topological polar surface area (TPSA) is 63.7 Å². The largest absolute Gasteiger partial charge is 0.341 e. The van der Waals surface area contributed by atoms with Crippen molar-refractivity contribution in [3.63, 3.8) is 0 Å². The van der Waals surface area contributed by atoms with Crippen molar-refractivity contribution in [2.45, 2.75) is 65.6 Å². The molecule has 2 heterocycles. The van der Waals surface area contributed by atoms with Gasteiger partial charge in [0.2, 0.25) is 0 Å². The summed E-state index contributed by atoms with van der Waals surface area (Å²) in [6.45, 7) is 14.0. The van der Waals surface area contributed by atoms with Gasteiger partial charge in [-0.05, 0) is 56.5 Å². The van der Waals surface area contributed by atoms with Crippen LogP contribution in [0, 0.1) is 17.0 Å². The third-order valence-electron chi connectivity index (χ3n) is 7.77. The number of aromatic nitrogens is 1. The molecule has 0 amide bonds. The van der Waals surface area contributed by atoms with Gasteiger partial charge < -0.3 is 4.57 Å². The molecule has 6 nitrogen and oxygen atoms in total. The Kier molecular flexibility index (Phi) is 6.76. The molecule has 7 heteroatoms. The average molecular weight is 517 g/mol. The number of rotatable bonds is 5. The molecular formula is C30H37N4O2P. The normalized spacial score (nSPS) is 16.7. The number of nitro benzene ring substituents is 1. The molecule has 1 aliphatic heterocycles. The molecule has 1 fully saturated rings. The van der Waals surface area contributed by atoms with Crippen molar-refractivity contribution in [1.82, 2.24) is 9.24 Å². The summed E-state index contributed by atoms with van der Waals surface area (Å²) < 4.78 is 10.7.